The number of aromatic nitrogens is 2. The standard InChI is InChI=1S/C18H22N2OS2/c1-11-19-17-16(12-7-5-6-9-14(12)22-17)18(20-11)23-15-10-4-2-3-8-13(15)21/h15H,2-10H2,1H3. The summed E-state index contributed by atoms with van der Waals surface area (Å²) in [5.74, 6) is 1.25. The molecule has 1 fully saturated rings. The minimum atomic E-state index is 0.0918. The molecule has 2 heterocycles. The fourth-order valence-electron chi connectivity index (χ4n) is 3.70. The van der Waals surface area contributed by atoms with Crippen molar-refractivity contribution in [3.63, 3.8) is 0 Å². The Bertz CT molecular complexity index is 753. The smallest absolute Gasteiger partial charge is 0.146 e. The number of Topliss-reactive ketones (excluding diaryl/α,β-unsaturated/α-hetero) is 1. The van der Waals surface area contributed by atoms with Crippen molar-refractivity contribution < 1.29 is 4.79 Å². The molecule has 122 valence electrons. The third kappa shape index (κ3) is 3.05. The van der Waals surface area contributed by atoms with Crippen LogP contribution in [-0.4, -0.2) is 21.0 Å². The molecule has 1 atom stereocenters. The molecule has 2 aromatic heterocycles. The van der Waals surface area contributed by atoms with E-state index in [1.54, 1.807) is 11.8 Å². The van der Waals surface area contributed by atoms with Crippen LogP contribution in [0.3, 0.4) is 0 Å². The highest BCUT2D eigenvalue weighted by Crippen LogP contribution is 2.41. The van der Waals surface area contributed by atoms with Crippen molar-refractivity contribution in [3.8, 4) is 0 Å². The maximum Gasteiger partial charge on any atom is 0.146 e. The molecule has 0 saturated heterocycles. The van der Waals surface area contributed by atoms with Crippen LogP contribution in [0.5, 0.6) is 0 Å². The molecule has 0 bridgehead atoms. The summed E-state index contributed by atoms with van der Waals surface area (Å²) in [6, 6.07) is 0. The third-order valence-electron chi connectivity index (χ3n) is 4.90. The predicted molar refractivity (Wildman–Crippen MR) is 96.5 cm³/mol. The number of ketones is 1. The van der Waals surface area contributed by atoms with Gasteiger partial charge < -0.3 is 0 Å². The van der Waals surface area contributed by atoms with Crippen molar-refractivity contribution in [2.45, 2.75) is 75.0 Å². The van der Waals surface area contributed by atoms with Gasteiger partial charge in [-0.2, -0.15) is 0 Å². The fraction of sp³-hybridized carbons (Fsp3) is 0.611. The van der Waals surface area contributed by atoms with Gasteiger partial charge in [0, 0.05) is 16.7 Å². The zero-order valence-corrected chi connectivity index (χ0v) is 15.2. The van der Waals surface area contributed by atoms with Gasteiger partial charge in [-0.25, -0.2) is 9.97 Å². The summed E-state index contributed by atoms with van der Waals surface area (Å²) in [6.07, 6.45) is 10.0. The van der Waals surface area contributed by atoms with Crippen LogP contribution in [0.1, 0.15) is 61.2 Å². The van der Waals surface area contributed by atoms with E-state index in [9.17, 15) is 4.79 Å². The van der Waals surface area contributed by atoms with Crippen molar-refractivity contribution in [2.75, 3.05) is 0 Å². The lowest BCUT2D eigenvalue weighted by molar-refractivity contribution is -0.118. The van der Waals surface area contributed by atoms with Crippen LogP contribution >= 0.6 is 23.1 Å². The van der Waals surface area contributed by atoms with Gasteiger partial charge in [0.2, 0.25) is 0 Å². The second-order valence-corrected chi connectivity index (χ2v) is 8.91. The van der Waals surface area contributed by atoms with Crippen LogP contribution in [0, 0.1) is 6.92 Å². The van der Waals surface area contributed by atoms with Crippen molar-refractivity contribution in [3.05, 3.63) is 16.3 Å². The highest BCUT2D eigenvalue weighted by molar-refractivity contribution is 8.00. The van der Waals surface area contributed by atoms with E-state index in [4.69, 9.17) is 4.98 Å². The molecule has 5 heteroatoms. The van der Waals surface area contributed by atoms with E-state index >= 15 is 0 Å². The van der Waals surface area contributed by atoms with Gasteiger partial charge in [-0.15, -0.1) is 11.3 Å². The van der Waals surface area contributed by atoms with Gasteiger partial charge in [0.15, 0.2) is 0 Å². The Morgan fingerprint density at radius 1 is 1.04 bits per heavy atom. The fourth-order valence-corrected chi connectivity index (χ4v) is 6.40. The van der Waals surface area contributed by atoms with Crippen molar-refractivity contribution in [2.24, 2.45) is 0 Å². The molecule has 0 aliphatic heterocycles. The normalized spacial score (nSPS) is 22.1. The Morgan fingerprint density at radius 2 is 1.87 bits per heavy atom. The first-order valence-electron chi connectivity index (χ1n) is 8.70. The van der Waals surface area contributed by atoms with Crippen LogP contribution in [0.25, 0.3) is 10.2 Å². The van der Waals surface area contributed by atoms with Gasteiger partial charge >= 0.3 is 0 Å². The van der Waals surface area contributed by atoms with Crippen molar-refractivity contribution in [1.29, 1.82) is 0 Å². The molecule has 0 amide bonds. The Kier molecular flexibility index (Phi) is 4.41. The van der Waals surface area contributed by atoms with Gasteiger partial charge in [0.05, 0.1) is 5.25 Å². The molecule has 0 radical (unpaired) electrons. The summed E-state index contributed by atoms with van der Waals surface area (Å²) >= 11 is 3.56. The van der Waals surface area contributed by atoms with E-state index in [1.165, 1.54) is 47.9 Å². The van der Waals surface area contributed by atoms with Crippen LogP contribution in [0.2, 0.25) is 0 Å². The number of fused-ring (bicyclic) bond motifs is 3. The number of thioether (sulfide) groups is 1. The molecular weight excluding hydrogens is 324 g/mol. The lowest BCUT2D eigenvalue weighted by atomic mass is 9.97. The zero-order valence-electron chi connectivity index (χ0n) is 13.6. The molecule has 2 aromatic rings. The van der Waals surface area contributed by atoms with Gasteiger partial charge in [0.1, 0.15) is 21.5 Å². The number of aryl methyl sites for hydroxylation is 3. The Labute approximate surface area is 145 Å². The highest BCUT2D eigenvalue weighted by Gasteiger charge is 2.26. The summed E-state index contributed by atoms with van der Waals surface area (Å²) in [6.45, 7) is 1.97. The van der Waals surface area contributed by atoms with Crippen LogP contribution in [0.15, 0.2) is 5.03 Å². The second-order valence-electron chi connectivity index (χ2n) is 6.64. The van der Waals surface area contributed by atoms with Crippen molar-refractivity contribution >= 4 is 39.1 Å². The molecule has 4 rings (SSSR count). The van der Waals surface area contributed by atoms with Crippen LogP contribution < -0.4 is 0 Å². The van der Waals surface area contributed by atoms with E-state index in [0.717, 1.165) is 41.4 Å². The number of rotatable bonds is 2. The minimum absolute atomic E-state index is 0.0918. The summed E-state index contributed by atoms with van der Waals surface area (Å²) < 4.78 is 0. The molecule has 0 N–H and O–H groups in total. The summed E-state index contributed by atoms with van der Waals surface area (Å²) in [5.41, 5.74) is 1.47. The largest absolute Gasteiger partial charge is 0.298 e. The molecule has 0 spiro atoms. The lowest BCUT2D eigenvalue weighted by Crippen LogP contribution is -2.15. The van der Waals surface area contributed by atoms with Gasteiger partial charge in [0.25, 0.3) is 0 Å². The zero-order chi connectivity index (χ0) is 15.8. The van der Waals surface area contributed by atoms with Gasteiger partial charge in [-0.3, -0.25) is 4.79 Å². The molecule has 1 saturated carbocycles. The van der Waals surface area contributed by atoms with E-state index < -0.39 is 0 Å². The number of carbonyl (C=O) groups excluding carboxylic acids is 1. The topological polar surface area (TPSA) is 42.9 Å². The number of carbonyl (C=O) groups is 1. The maximum atomic E-state index is 12.4. The van der Waals surface area contributed by atoms with E-state index in [0.29, 0.717) is 5.78 Å². The van der Waals surface area contributed by atoms with Gasteiger partial charge in [-0.1, -0.05) is 24.6 Å². The Morgan fingerprint density at radius 3 is 2.78 bits per heavy atom. The SMILES string of the molecule is Cc1nc(SC2CCCCCC2=O)c2c3c(sc2n1)CCCC3. The minimum Gasteiger partial charge on any atom is -0.298 e. The monoisotopic (exact) mass is 346 g/mol. The third-order valence-corrected chi connectivity index (χ3v) is 7.38. The van der Waals surface area contributed by atoms with E-state index in [1.807, 2.05) is 18.3 Å². The molecule has 0 aromatic carbocycles. The predicted octanol–water partition coefficient (Wildman–Crippen LogP) is 4.87. The van der Waals surface area contributed by atoms with E-state index in [2.05, 4.69) is 4.98 Å². The molecule has 23 heavy (non-hydrogen) atoms. The van der Waals surface area contributed by atoms with Crippen LogP contribution in [-0.2, 0) is 17.6 Å². The first-order chi connectivity index (χ1) is 11.2. The number of nitrogens with zero attached hydrogens (tertiary/aromatic N) is 2. The quantitative estimate of drug-likeness (QED) is 0.574. The average molecular weight is 347 g/mol. The second kappa shape index (κ2) is 6.52. The number of hydrogen-bond acceptors (Lipinski definition) is 5. The molecule has 3 nitrogen and oxygen atoms in total. The highest BCUT2D eigenvalue weighted by atomic mass is 32.2. The van der Waals surface area contributed by atoms with E-state index in [-0.39, 0.29) is 5.25 Å². The molecule has 1 unspecified atom stereocenters. The molecular formula is C18H22N2OS2. The Balaban J connectivity index is 1.76. The number of thiophene rings is 1. The summed E-state index contributed by atoms with van der Waals surface area (Å²) in [5, 5.41) is 2.42. The molecule has 2 aliphatic rings. The summed E-state index contributed by atoms with van der Waals surface area (Å²) in [4.78, 5) is 24.5. The van der Waals surface area contributed by atoms with Crippen LogP contribution in [0.4, 0.5) is 0 Å². The first-order valence-corrected chi connectivity index (χ1v) is 10.4. The van der Waals surface area contributed by atoms with Gasteiger partial charge in [-0.05, 0) is 51.0 Å². The van der Waals surface area contributed by atoms with Crippen molar-refractivity contribution in [1.82, 2.24) is 9.97 Å². The first kappa shape index (κ1) is 15.6. The Hall–Kier alpha value is -0.940. The average Bonchev–Trinajstić information content (AvgIpc) is 2.79. The maximum absolute atomic E-state index is 12.4. The summed E-state index contributed by atoms with van der Waals surface area (Å²) in [7, 11) is 0. The lowest BCUT2D eigenvalue weighted by Gasteiger charge is -2.15. The molecule has 2 aliphatic carbocycles. The number of hydrogen-bond donors (Lipinski definition) is 0.